The predicted molar refractivity (Wildman–Crippen MR) is 109 cm³/mol. The normalized spacial score (nSPS) is 10.4. The van der Waals surface area contributed by atoms with Gasteiger partial charge in [0.25, 0.3) is 5.91 Å². The van der Waals surface area contributed by atoms with Crippen LogP contribution in [-0.4, -0.2) is 31.3 Å². The lowest BCUT2D eigenvalue weighted by Crippen LogP contribution is -2.21. The number of nitrogens with one attached hydrogen (secondary N) is 1. The fraction of sp³-hybridized carbons (Fsp3) is 0.300. The highest BCUT2D eigenvalue weighted by Crippen LogP contribution is 2.27. The minimum absolute atomic E-state index is 0.228. The van der Waals surface area contributed by atoms with E-state index in [-0.39, 0.29) is 13.0 Å². The van der Waals surface area contributed by atoms with E-state index in [1.807, 2.05) is 6.07 Å². The van der Waals surface area contributed by atoms with Crippen LogP contribution in [0.4, 0.5) is 5.69 Å². The molecule has 27 heavy (non-hydrogen) atoms. The number of amides is 1. The van der Waals surface area contributed by atoms with Crippen molar-refractivity contribution in [3.63, 3.8) is 0 Å². The van der Waals surface area contributed by atoms with Gasteiger partial charge >= 0.3 is 5.97 Å². The Hall–Kier alpha value is -2.18. The van der Waals surface area contributed by atoms with E-state index >= 15 is 0 Å². The molecular formula is C20H22ClNO4S. The van der Waals surface area contributed by atoms with Crippen molar-refractivity contribution >= 4 is 40.9 Å². The molecule has 0 aliphatic carbocycles. The number of anilines is 1. The molecule has 7 heteroatoms. The Labute approximate surface area is 168 Å². The van der Waals surface area contributed by atoms with E-state index in [2.05, 4.69) is 31.3 Å². The number of rotatable bonds is 8. The molecule has 0 aliphatic rings. The Morgan fingerprint density at radius 2 is 1.89 bits per heavy atom. The largest absolute Gasteiger partial charge is 0.495 e. The molecule has 144 valence electrons. The summed E-state index contributed by atoms with van der Waals surface area (Å²) in [6, 6.07) is 11.1. The molecule has 0 bridgehead atoms. The van der Waals surface area contributed by atoms with E-state index in [0.29, 0.717) is 22.2 Å². The first-order valence-electron chi connectivity index (χ1n) is 8.38. The van der Waals surface area contributed by atoms with Crippen LogP contribution in [0.1, 0.15) is 17.5 Å². The summed E-state index contributed by atoms with van der Waals surface area (Å²) in [5.41, 5.74) is 2.88. The van der Waals surface area contributed by atoms with Crippen LogP contribution < -0.4 is 10.1 Å². The van der Waals surface area contributed by atoms with Crippen molar-refractivity contribution in [1.29, 1.82) is 0 Å². The predicted octanol–water partition coefficient (Wildman–Crippen LogP) is 4.63. The molecule has 0 aliphatic heterocycles. The maximum absolute atomic E-state index is 12.0. The molecule has 0 atom stereocenters. The Morgan fingerprint density at radius 1 is 1.11 bits per heavy atom. The van der Waals surface area contributed by atoms with Crippen LogP contribution in [-0.2, 0) is 14.3 Å². The first-order chi connectivity index (χ1) is 12.9. The Morgan fingerprint density at radius 3 is 2.59 bits per heavy atom. The third-order valence-electron chi connectivity index (χ3n) is 3.85. The third kappa shape index (κ3) is 6.81. The number of ether oxygens (including phenoxy) is 2. The minimum atomic E-state index is -0.453. The zero-order chi connectivity index (χ0) is 19.8. The van der Waals surface area contributed by atoms with E-state index in [4.69, 9.17) is 21.1 Å². The average Bonchev–Trinajstić information content (AvgIpc) is 2.63. The SMILES string of the molecule is COc1ccc(Cl)cc1NC(=O)COC(=O)CCSc1ccc(C)c(C)c1. The van der Waals surface area contributed by atoms with E-state index in [0.717, 1.165) is 4.90 Å². The lowest BCUT2D eigenvalue weighted by atomic mass is 10.1. The van der Waals surface area contributed by atoms with Gasteiger partial charge in [0.05, 0.1) is 19.2 Å². The standard InChI is InChI=1S/C20H22ClNO4S/c1-13-4-6-16(10-14(13)2)27-9-8-20(24)26-12-19(23)22-17-11-15(21)5-7-18(17)25-3/h4-7,10-11H,8-9,12H2,1-3H3,(H,22,23). The lowest BCUT2D eigenvalue weighted by molar-refractivity contribution is -0.146. The lowest BCUT2D eigenvalue weighted by Gasteiger charge is -2.11. The van der Waals surface area contributed by atoms with Crippen molar-refractivity contribution in [2.45, 2.75) is 25.2 Å². The van der Waals surface area contributed by atoms with Gasteiger partial charge < -0.3 is 14.8 Å². The van der Waals surface area contributed by atoms with Gasteiger partial charge in [0.15, 0.2) is 6.61 Å². The minimum Gasteiger partial charge on any atom is -0.495 e. The number of hydrogen-bond donors (Lipinski definition) is 1. The molecule has 2 aromatic carbocycles. The van der Waals surface area contributed by atoms with Gasteiger partial charge in [-0.15, -0.1) is 11.8 Å². The number of benzene rings is 2. The molecule has 0 spiro atoms. The average molecular weight is 408 g/mol. The summed E-state index contributed by atoms with van der Waals surface area (Å²) < 4.78 is 10.2. The number of hydrogen-bond acceptors (Lipinski definition) is 5. The summed E-state index contributed by atoms with van der Waals surface area (Å²) in [5.74, 6) is 0.194. The van der Waals surface area contributed by atoms with Crippen molar-refractivity contribution < 1.29 is 19.1 Å². The van der Waals surface area contributed by atoms with Gasteiger partial charge in [-0.1, -0.05) is 17.7 Å². The summed E-state index contributed by atoms with van der Waals surface area (Å²) in [6.07, 6.45) is 0.228. The number of esters is 1. The highest BCUT2D eigenvalue weighted by Gasteiger charge is 2.11. The summed E-state index contributed by atoms with van der Waals surface area (Å²) in [7, 11) is 1.49. The van der Waals surface area contributed by atoms with E-state index in [9.17, 15) is 9.59 Å². The number of thioether (sulfide) groups is 1. The monoisotopic (exact) mass is 407 g/mol. The molecule has 0 heterocycles. The highest BCUT2D eigenvalue weighted by atomic mass is 35.5. The van der Waals surface area contributed by atoms with Crippen molar-refractivity contribution in [2.75, 3.05) is 24.8 Å². The van der Waals surface area contributed by atoms with Gasteiger partial charge in [-0.25, -0.2) is 0 Å². The van der Waals surface area contributed by atoms with Crippen LogP contribution >= 0.6 is 23.4 Å². The quantitative estimate of drug-likeness (QED) is 0.510. The summed E-state index contributed by atoms with van der Waals surface area (Å²) in [4.78, 5) is 24.9. The molecule has 0 saturated carbocycles. The smallest absolute Gasteiger partial charge is 0.307 e. The second-order valence-corrected chi connectivity index (χ2v) is 7.50. The number of aryl methyl sites for hydroxylation is 2. The molecule has 0 unspecified atom stereocenters. The number of carbonyl (C=O) groups excluding carboxylic acids is 2. The maximum atomic E-state index is 12.0. The van der Waals surface area contributed by atoms with Crippen molar-refractivity contribution in [3.8, 4) is 5.75 Å². The van der Waals surface area contributed by atoms with Crippen LogP contribution in [0.15, 0.2) is 41.3 Å². The van der Waals surface area contributed by atoms with Crippen LogP contribution in [0.5, 0.6) is 5.75 Å². The fourth-order valence-electron chi connectivity index (χ4n) is 2.24. The summed E-state index contributed by atoms with van der Waals surface area (Å²) in [5, 5.41) is 3.08. The van der Waals surface area contributed by atoms with Crippen molar-refractivity contribution in [3.05, 3.63) is 52.5 Å². The van der Waals surface area contributed by atoms with Crippen LogP contribution in [0.3, 0.4) is 0 Å². The molecule has 5 nitrogen and oxygen atoms in total. The van der Waals surface area contributed by atoms with Gasteiger partial charge in [0.1, 0.15) is 5.75 Å². The van der Waals surface area contributed by atoms with Crippen molar-refractivity contribution in [2.24, 2.45) is 0 Å². The molecule has 2 rings (SSSR count). The second kappa shape index (κ2) is 10.2. The molecule has 1 N–H and O–H groups in total. The molecule has 0 aromatic heterocycles. The van der Waals surface area contributed by atoms with Crippen LogP contribution in [0, 0.1) is 13.8 Å². The zero-order valence-electron chi connectivity index (χ0n) is 15.5. The van der Waals surface area contributed by atoms with Gasteiger partial charge in [0, 0.05) is 15.7 Å². The Kier molecular flexibility index (Phi) is 8.00. The van der Waals surface area contributed by atoms with Crippen LogP contribution in [0.2, 0.25) is 5.02 Å². The Bertz CT molecular complexity index is 826. The zero-order valence-corrected chi connectivity index (χ0v) is 17.1. The number of carbonyl (C=O) groups is 2. The number of halogens is 1. The van der Waals surface area contributed by atoms with E-state index < -0.39 is 11.9 Å². The molecule has 0 fully saturated rings. The van der Waals surface area contributed by atoms with Gasteiger partial charge in [-0.3, -0.25) is 9.59 Å². The summed E-state index contributed by atoms with van der Waals surface area (Å²) >= 11 is 7.50. The van der Waals surface area contributed by atoms with Gasteiger partial charge in [0.2, 0.25) is 0 Å². The molecule has 1 amide bonds. The maximum Gasteiger partial charge on any atom is 0.307 e. The van der Waals surface area contributed by atoms with Gasteiger partial charge in [-0.05, 0) is 55.3 Å². The molecule has 0 saturated heterocycles. The molecule has 0 radical (unpaired) electrons. The number of methoxy groups -OCH3 is 1. The first-order valence-corrected chi connectivity index (χ1v) is 9.74. The van der Waals surface area contributed by atoms with Gasteiger partial charge in [-0.2, -0.15) is 0 Å². The van der Waals surface area contributed by atoms with Crippen molar-refractivity contribution in [1.82, 2.24) is 0 Å². The van der Waals surface area contributed by atoms with E-state index in [1.54, 1.807) is 30.0 Å². The third-order valence-corrected chi connectivity index (χ3v) is 5.08. The topological polar surface area (TPSA) is 64.6 Å². The van der Waals surface area contributed by atoms with Crippen LogP contribution in [0.25, 0.3) is 0 Å². The highest BCUT2D eigenvalue weighted by molar-refractivity contribution is 7.99. The molecular weight excluding hydrogens is 386 g/mol. The Balaban J connectivity index is 1.74. The van der Waals surface area contributed by atoms with E-state index in [1.165, 1.54) is 18.2 Å². The fourth-order valence-corrected chi connectivity index (χ4v) is 3.34. The summed E-state index contributed by atoms with van der Waals surface area (Å²) in [6.45, 7) is 3.76. The first kappa shape index (κ1) is 21.1. The second-order valence-electron chi connectivity index (χ2n) is 5.90. The molecule has 2 aromatic rings.